The van der Waals surface area contributed by atoms with Gasteiger partial charge in [0.05, 0.1) is 6.04 Å². The van der Waals surface area contributed by atoms with E-state index in [0.717, 1.165) is 13.1 Å². The maximum atomic E-state index is 12.1. The zero-order chi connectivity index (χ0) is 14.6. The summed E-state index contributed by atoms with van der Waals surface area (Å²) in [6.07, 6.45) is 2.23. The van der Waals surface area contributed by atoms with Crippen LogP contribution in [-0.2, 0) is 11.3 Å². The summed E-state index contributed by atoms with van der Waals surface area (Å²) < 4.78 is 5.61. The van der Waals surface area contributed by atoms with Crippen molar-refractivity contribution in [2.45, 2.75) is 57.0 Å². The second-order valence-electron chi connectivity index (χ2n) is 7.03. The Hall–Kier alpha value is -1.55. The number of hydrogen-bond acceptors (Lipinski definition) is 3. The van der Waals surface area contributed by atoms with Crippen LogP contribution in [0, 0.1) is 0 Å². The van der Waals surface area contributed by atoms with Crippen molar-refractivity contribution in [1.29, 1.82) is 0 Å². The Labute approximate surface area is 125 Å². The van der Waals surface area contributed by atoms with Crippen LogP contribution in [-0.4, -0.2) is 46.2 Å². The molecule has 4 rings (SSSR count). The van der Waals surface area contributed by atoms with E-state index in [9.17, 15) is 4.79 Å². The van der Waals surface area contributed by atoms with Crippen LogP contribution >= 0.6 is 0 Å². The molecule has 0 aromatic heterocycles. The first-order valence-electron chi connectivity index (χ1n) is 7.85. The fraction of sp³-hybridized carbons (Fsp3) is 0.588. The molecule has 0 spiro atoms. The standard InChI is InChI=1S/C17H22N2O2/c1-17(2)15-14-9-8-13(11-19(15)16(20)21-17)18(14)10-12-6-4-3-5-7-12/h3-7,13-15H,8-11H2,1-2H3/t13-,14+,15?/m0/s1. The number of carbonyl (C=O) groups excluding carboxylic acids is 1. The Morgan fingerprint density at radius 2 is 2.00 bits per heavy atom. The molecule has 3 atom stereocenters. The quantitative estimate of drug-likeness (QED) is 0.838. The minimum atomic E-state index is -0.383. The summed E-state index contributed by atoms with van der Waals surface area (Å²) in [5, 5.41) is 0. The van der Waals surface area contributed by atoms with Gasteiger partial charge in [0.25, 0.3) is 0 Å². The molecule has 4 nitrogen and oxygen atoms in total. The second kappa shape index (κ2) is 4.47. The lowest BCUT2D eigenvalue weighted by molar-refractivity contribution is 0.00208. The minimum Gasteiger partial charge on any atom is -0.441 e. The van der Waals surface area contributed by atoms with Crippen LogP contribution in [0.5, 0.6) is 0 Å². The summed E-state index contributed by atoms with van der Waals surface area (Å²) >= 11 is 0. The summed E-state index contributed by atoms with van der Waals surface area (Å²) in [4.78, 5) is 16.7. The molecule has 1 amide bonds. The number of rotatable bonds is 2. The number of nitrogens with zero attached hydrogens (tertiary/aromatic N) is 2. The molecule has 3 fully saturated rings. The molecule has 1 aromatic carbocycles. The third kappa shape index (κ3) is 1.96. The molecule has 0 radical (unpaired) electrons. The van der Waals surface area contributed by atoms with Crippen molar-refractivity contribution in [3.63, 3.8) is 0 Å². The van der Waals surface area contributed by atoms with Gasteiger partial charge in [-0.15, -0.1) is 0 Å². The van der Waals surface area contributed by atoms with Crippen molar-refractivity contribution in [3.8, 4) is 0 Å². The van der Waals surface area contributed by atoms with Crippen molar-refractivity contribution in [2.24, 2.45) is 0 Å². The topological polar surface area (TPSA) is 32.8 Å². The fourth-order valence-electron chi connectivity index (χ4n) is 4.46. The smallest absolute Gasteiger partial charge is 0.410 e. The van der Waals surface area contributed by atoms with E-state index in [2.05, 4.69) is 49.1 Å². The Balaban J connectivity index is 1.62. The minimum absolute atomic E-state index is 0.124. The Morgan fingerprint density at radius 3 is 2.76 bits per heavy atom. The Kier molecular flexibility index (Phi) is 2.80. The van der Waals surface area contributed by atoms with Gasteiger partial charge in [-0.3, -0.25) is 9.80 Å². The Bertz CT molecular complexity index is 557. The highest BCUT2D eigenvalue weighted by atomic mass is 16.6. The first-order valence-corrected chi connectivity index (χ1v) is 7.85. The van der Waals surface area contributed by atoms with Crippen LogP contribution in [0.1, 0.15) is 32.3 Å². The van der Waals surface area contributed by atoms with Gasteiger partial charge in [-0.2, -0.15) is 0 Å². The number of ether oxygens (including phenoxy) is 1. The van der Waals surface area contributed by atoms with Gasteiger partial charge in [0.15, 0.2) is 0 Å². The van der Waals surface area contributed by atoms with Crippen LogP contribution in [0.25, 0.3) is 0 Å². The third-order valence-corrected chi connectivity index (χ3v) is 5.30. The van der Waals surface area contributed by atoms with E-state index in [1.54, 1.807) is 0 Å². The van der Waals surface area contributed by atoms with Crippen molar-refractivity contribution >= 4 is 6.09 Å². The van der Waals surface area contributed by atoms with Gasteiger partial charge in [-0.05, 0) is 32.3 Å². The van der Waals surface area contributed by atoms with Crippen molar-refractivity contribution in [1.82, 2.24) is 9.80 Å². The van der Waals surface area contributed by atoms with E-state index in [-0.39, 0.29) is 17.7 Å². The maximum absolute atomic E-state index is 12.1. The van der Waals surface area contributed by atoms with E-state index in [0.29, 0.717) is 12.1 Å². The van der Waals surface area contributed by atoms with Crippen LogP contribution in [0.2, 0.25) is 0 Å². The van der Waals surface area contributed by atoms with Gasteiger partial charge >= 0.3 is 6.09 Å². The predicted molar refractivity (Wildman–Crippen MR) is 79.8 cm³/mol. The number of hydrogen-bond donors (Lipinski definition) is 0. The summed E-state index contributed by atoms with van der Waals surface area (Å²) in [6, 6.07) is 11.7. The molecule has 3 saturated heterocycles. The first-order chi connectivity index (χ1) is 10.1. The van der Waals surface area contributed by atoms with Crippen molar-refractivity contribution in [3.05, 3.63) is 35.9 Å². The van der Waals surface area contributed by atoms with Gasteiger partial charge in [0, 0.05) is 25.2 Å². The molecular weight excluding hydrogens is 264 g/mol. The van der Waals surface area contributed by atoms with Gasteiger partial charge < -0.3 is 4.74 Å². The molecular formula is C17H22N2O2. The van der Waals surface area contributed by atoms with E-state index in [1.165, 1.54) is 18.4 Å². The second-order valence-corrected chi connectivity index (χ2v) is 7.03. The lowest BCUT2D eigenvalue weighted by Gasteiger charge is -2.45. The molecule has 3 aliphatic rings. The number of fused-ring (bicyclic) bond motifs is 4. The number of amides is 1. The van der Waals surface area contributed by atoms with E-state index < -0.39 is 0 Å². The van der Waals surface area contributed by atoms with Crippen LogP contribution in [0.4, 0.5) is 4.79 Å². The molecule has 3 aliphatic heterocycles. The van der Waals surface area contributed by atoms with Gasteiger partial charge in [-0.1, -0.05) is 30.3 Å². The number of cyclic esters (lactones) is 1. The molecule has 0 N–H and O–H groups in total. The van der Waals surface area contributed by atoms with Crippen LogP contribution < -0.4 is 0 Å². The molecule has 21 heavy (non-hydrogen) atoms. The van der Waals surface area contributed by atoms with Crippen molar-refractivity contribution in [2.75, 3.05) is 6.54 Å². The molecule has 0 saturated carbocycles. The summed E-state index contributed by atoms with van der Waals surface area (Å²) in [6.45, 7) is 5.89. The molecule has 2 bridgehead atoms. The summed E-state index contributed by atoms with van der Waals surface area (Å²) in [5.74, 6) is 0. The Morgan fingerprint density at radius 1 is 1.24 bits per heavy atom. The van der Waals surface area contributed by atoms with Crippen LogP contribution in [0.3, 0.4) is 0 Å². The lowest BCUT2D eigenvalue weighted by Crippen LogP contribution is -2.61. The van der Waals surface area contributed by atoms with Crippen LogP contribution in [0.15, 0.2) is 30.3 Å². The maximum Gasteiger partial charge on any atom is 0.410 e. The molecule has 112 valence electrons. The van der Waals surface area contributed by atoms with Crippen molar-refractivity contribution < 1.29 is 9.53 Å². The molecule has 4 heteroatoms. The third-order valence-electron chi connectivity index (χ3n) is 5.30. The largest absolute Gasteiger partial charge is 0.441 e. The summed E-state index contributed by atoms with van der Waals surface area (Å²) in [7, 11) is 0. The average molecular weight is 286 g/mol. The fourth-order valence-corrected chi connectivity index (χ4v) is 4.46. The normalized spacial score (nSPS) is 33.9. The van der Waals surface area contributed by atoms with Gasteiger partial charge in [0.2, 0.25) is 0 Å². The highest BCUT2D eigenvalue weighted by Gasteiger charge is 2.58. The SMILES string of the molecule is CC1(C)OC(=O)N2C[C@@H]3CC[C@H](C21)N3Cc1ccccc1. The number of piperazine rings is 1. The number of carbonyl (C=O) groups is 1. The molecule has 0 aliphatic carbocycles. The lowest BCUT2D eigenvalue weighted by atomic mass is 9.89. The van der Waals surface area contributed by atoms with Gasteiger partial charge in [-0.25, -0.2) is 4.79 Å². The molecule has 1 unspecified atom stereocenters. The highest BCUT2D eigenvalue weighted by Crippen LogP contribution is 2.43. The van der Waals surface area contributed by atoms with E-state index >= 15 is 0 Å². The monoisotopic (exact) mass is 286 g/mol. The van der Waals surface area contributed by atoms with Gasteiger partial charge in [0.1, 0.15) is 5.60 Å². The van der Waals surface area contributed by atoms with E-state index in [4.69, 9.17) is 4.74 Å². The first kappa shape index (κ1) is 13.1. The summed E-state index contributed by atoms with van der Waals surface area (Å²) in [5.41, 5.74) is 0.970. The zero-order valence-corrected chi connectivity index (χ0v) is 12.7. The average Bonchev–Trinajstić information content (AvgIpc) is 2.83. The zero-order valence-electron chi connectivity index (χ0n) is 12.7. The predicted octanol–water partition coefficient (Wildman–Crippen LogP) is 2.63. The highest BCUT2D eigenvalue weighted by molar-refractivity contribution is 5.72. The number of benzene rings is 1. The molecule has 3 heterocycles. The van der Waals surface area contributed by atoms with E-state index in [1.807, 2.05) is 4.90 Å². The molecule has 1 aromatic rings.